The first-order valence-electron chi connectivity index (χ1n) is 6.63. The molecule has 2 fully saturated rings. The Hall–Kier alpha value is -0.610. The lowest BCUT2D eigenvalue weighted by Gasteiger charge is -2.47. The maximum Gasteiger partial charge on any atom is 0.183 e. The Kier molecular flexibility index (Phi) is 3.09. The van der Waals surface area contributed by atoms with E-state index in [2.05, 4.69) is 34.6 Å². The average molecular weight is 251 g/mol. The molecule has 94 valence electrons. The highest BCUT2D eigenvalue weighted by molar-refractivity contribution is 7.13. The van der Waals surface area contributed by atoms with Gasteiger partial charge in [-0.3, -0.25) is 0 Å². The van der Waals surface area contributed by atoms with Crippen molar-refractivity contribution in [1.82, 2.24) is 9.88 Å². The van der Waals surface area contributed by atoms with Gasteiger partial charge in [-0.2, -0.15) is 0 Å². The van der Waals surface area contributed by atoms with Crippen molar-refractivity contribution in [3.8, 4) is 0 Å². The Morgan fingerprint density at radius 2 is 2.06 bits per heavy atom. The van der Waals surface area contributed by atoms with E-state index < -0.39 is 0 Å². The molecular formula is C13H21N3S. The van der Waals surface area contributed by atoms with E-state index in [9.17, 15) is 0 Å². The zero-order chi connectivity index (χ0) is 11.8. The summed E-state index contributed by atoms with van der Waals surface area (Å²) in [6.07, 6.45) is 6.74. The van der Waals surface area contributed by atoms with Crippen LogP contribution in [-0.4, -0.2) is 35.1 Å². The van der Waals surface area contributed by atoms with Crippen LogP contribution >= 0.6 is 11.3 Å². The maximum absolute atomic E-state index is 4.51. The van der Waals surface area contributed by atoms with E-state index in [0.717, 1.165) is 22.9 Å². The average Bonchev–Trinajstić information content (AvgIpc) is 2.66. The van der Waals surface area contributed by atoms with E-state index >= 15 is 0 Å². The van der Waals surface area contributed by atoms with Crippen molar-refractivity contribution < 1.29 is 0 Å². The van der Waals surface area contributed by atoms with Crippen LogP contribution in [0.4, 0.5) is 5.13 Å². The zero-order valence-corrected chi connectivity index (χ0v) is 11.5. The van der Waals surface area contributed by atoms with Crippen LogP contribution in [0.15, 0.2) is 5.38 Å². The second-order valence-corrected chi connectivity index (χ2v) is 6.37. The van der Waals surface area contributed by atoms with Gasteiger partial charge in [0.1, 0.15) is 0 Å². The molecule has 3 heterocycles. The van der Waals surface area contributed by atoms with Gasteiger partial charge in [-0.05, 0) is 39.7 Å². The number of thiazole rings is 1. The summed E-state index contributed by atoms with van der Waals surface area (Å²) < 4.78 is 0. The molecule has 0 amide bonds. The van der Waals surface area contributed by atoms with Gasteiger partial charge in [0.05, 0.1) is 5.69 Å². The number of nitrogens with one attached hydrogen (secondary N) is 1. The van der Waals surface area contributed by atoms with Crippen molar-refractivity contribution in [3.05, 3.63) is 11.1 Å². The summed E-state index contributed by atoms with van der Waals surface area (Å²) in [7, 11) is 2.30. The molecule has 1 N–H and O–H groups in total. The van der Waals surface area contributed by atoms with Gasteiger partial charge in [0, 0.05) is 23.5 Å². The first kappa shape index (κ1) is 11.5. The van der Waals surface area contributed by atoms with Gasteiger partial charge in [0.2, 0.25) is 0 Å². The molecule has 0 spiro atoms. The standard InChI is InChI=1S/C13H21N3S/c1-9-8-17-13(14-9)15-10-6-11-4-3-5-12(7-10)16(11)2/h8,10-12H,3-7H2,1-2H3,(H,14,15). The summed E-state index contributed by atoms with van der Waals surface area (Å²) in [5, 5.41) is 6.86. The van der Waals surface area contributed by atoms with Crippen LogP contribution in [-0.2, 0) is 0 Å². The first-order valence-corrected chi connectivity index (χ1v) is 7.51. The number of rotatable bonds is 2. The molecule has 3 nitrogen and oxygen atoms in total. The molecule has 17 heavy (non-hydrogen) atoms. The zero-order valence-electron chi connectivity index (χ0n) is 10.6. The molecule has 4 heteroatoms. The quantitative estimate of drug-likeness (QED) is 0.876. The van der Waals surface area contributed by atoms with Crippen LogP contribution in [0.3, 0.4) is 0 Å². The third-order valence-corrected chi connectivity index (χ3v) is 5.18. The number of fused-ring (bicyclic) bond motifs is 2. The number of nitrogens with zero attached hydrogens (tertiary/aromatic N) is 2. The topological polar surface area (TPSA) is 28.2 Å². The number of aryl methyl sites for hydroxylation is 1. The molecule has 2 saturated heterocycles. The fraction of sp³-hybridized carbons (Fsp3) is 0.769. The van der Waals surface area contributed by atoms with Crippen LogP contribution in [0.5, 0.6) is 0 Å². The van der Waals surface area contributed by atoms with Gasteiger partial charge in [0.15, 0.2) is 5.13 Å². The van der Waals surface area contributed by atoms with Gasteiger partial charge in [0.25, 0.3) is 0 Å². The summed E-state index contributed by atoms with van der Waals surface area (Å²) in [5.41, 5.74) is 1.13. The Labute approximate surface area is 107 Å². The van der Waals surface area contributed by atoms with Crippen molar-refractivity contribution in [2.24, 2.45) is 0 Å². The van der Waals surface area contributed by atoms with Crippen LogP contribution in [0.1, 0.15) is 37.8 Å². The summed E-state index contributed by atoms with van der Waals surface area (Å²) in [4.78, 5) is 7.12. The number of hydrogen-bond acceptors (Lipinski definition) is 4. The molecule has 0 saturated carbocycles. The second-order valence-electron chi connectivity index (χ2n) is 5.51. The Balaban J connectivity index is 1.66. The smallest absolute Gasteiger partial charge is 0.183 e. The third kappa shape index (κ3) is 2.33. The van der Waals surface area contributed by atoms with Crippen LogP contribution < -0.4 is 5.32 Å². The van der Waals surface area contributed by atoms with Gasteiger partial charge >= 0.3 is 0 Å². The SMILES string of the molecule is Cc1csc(NC2CC3CCCC(C2)N3C)n1. The van der Waals surface area contributed by atoms with Crippen molar-refractivity contribution in [3.63, 3.8) is 0 Å². The molecule has 2 unspecified atom stereocenters. The molecule has 2 bridgehead atoms. The molecule has 1 aromatic heterocycles. The van der Waals surface area contributed by atoms with Crippen molar-refractivity contribution in [2.45, 2.75) is 57.2 Å². The van der Waals surface area contributed by atoms with Gasteiger partial charge in [-0.15, -0.1) is 11.3 Å². The predicted octanol–water partition coefficient (Wildman–Crippen LogP) is 2.88. The van der Waals surface area contributed by atoms with E-state index in [4.69, 9.17) is 0 Å². The predicted molar refractivity (Wildman–Crippen MR) is 72.7 cm³/mol. The summed E-state index contributed by atoms with van der Waals surface area (Å²) in [6.45, 7) is 2.06. The maximum atomic E-state index is 4.51. The van der Waals surface area contributed by atoms with E-state index in [0.29, 0.717) is 6.04 Å². The number of hydrogen-bond donors (Lipinski definition) is 1. The van der Waals surface area contributed by atoms with E-state index in [1.807, 2.05) is 0 Å². The molecule has 3 rings (SSSR count). The highest BCUT2D eigenvalue weighted by Crippen LogP contribution is 2.34. The normalized spacial score (nSPS) is 33.6. The molecule has 2 aliphatic heterocycles. The third-order valence-electron chi connectivity index (χ3n) is 4.29. The van der Waals surface area contributed by atoms with Crippen molar-refractivity contribution >= 4 is 16.5 Å². The van der Waals surface area contributed by atoms with Crippen molar-refractivity contribution in [2.75, 3.05) is 12.4 Å². The molecule has 0 aromatic carbocycles. The lowest BCUT2D eigenvalue weighted by molar-refractivity contribution is 0.0608. The Morgan fingerprint density at radius 3 is 2.65 bits per heavy atom. The van der Waals surface area contributed by atoms with Crippen LogP contribution in [0.2, 0.25) is 0 Å². The van der Waals surface area contributed by atoms with Crippen LogP contribution in [0, 0.1) is 6.92 Å². The minimum absolute atomic E-state index is 0.632. The van der Waals surface area contributed by atoms with Crippen LogP contribution in [0.25, 0.3) is 0 Å². The minimum Gasteiger partial charge on any atom is -0.359 e. The molecule has 0 aliphatic carbocycles. The Bertz CT molecular complexity index is 376. The summed E-state index contributed by atoms with van der Waals surface area (Å²) in [6, 6.07) is 2.22. The molecular weight excluding hydrogens is 230 g/mol. The largest absolute Gasteiger partial charge is 0.359 e. The molecule has 2 aliphatic rings. The highest BCUT2D eigenvalue weighted by Gasteiger charge is 2.35. The Morgan fingerprint density at radius 1 is 1.35 bits per heavy atom. The van der Waals surface area contributed by atoms with Gasteiger partial charge in [-0.25, -0.2) is 4.98 Å². The number of piperidine rings is 2. The van der Waals surface area contributed by atoms with Gasteiger partial charge in [-0.1, -0.05) is 6.42 Å². The monoisotopic (exact) mass is 251 g/mol. The first-order chi connectivity index (χ1) is 8.22. The second kappa shape index (κ2) is 4.58. The lowest BCUT2D eigenvalue weighted by Crippen LogP contribution is -2.52. The summed E-state index contributed by atoms with van der Waals surface area (Å²) in [5.74, 6) is 0. The molecule has 2 atom stereocenters. The fourth-order valence-corrected chi connectivity index (χ4v) is 4.09. The summed E-state index contributed by atoms with van der Waals surface area (Å²) >= 11 is 1.74. The highest BCUT2D eigenvalue weighted by atomic mass is 32.1. The van der Waals surface area contributed by atoms with E-state index in [1.165, 1.54) is 32.1 Å². The lowest BCUT2D eigenvalue weighted by atomic mass is 9.82. The molecule has 1 aromatic rings. The van der Waals surface area contributed by atoms with Gasteiger partial charge < -0.3 is 10.2 Å². The fourth-order valence-electron chi connectivity index (χ4n) is 3.33. The number of aromatic nitrogens is 1. The minimum atomic E-state index is 0.632. The molecule has 0 radical (unpaired) electrons. The van der Waals surface area contributed by atoms with E-state index in [1.54, 1.807) is 11.3 Å². The van der Waals surface area contributed by atoms with E-state index in [-0.39, 0.29) is 0 Å². The number of anilines is 1. The van der Waals surface area contributed by atoms with Crippen molar-refractivity contribution in [1.29, 1.82) is 0 Å².